The van der Waals surface area contributed by atoms with Crippen LogP contribution in [0.5, 0.6) is 0 Å². The molecule has 0 radical (unpaired) electrons. The Hall–Kier alpha value is -0.880. The highest BCUT2D eigenvalue weighted by atomic mass is 32.2. The molecule has 0 aromatic rings. The number of nitrogens with two attached hydrogens (primary N) is 1. The van der Waals surface area contributed by atoms with E-state index in [1.807, 2.05) is 0 Å². The molecule has 1 aliphatic heterocycles. The van der Waals surface area contributed by atoms with Gasteiger partial charge in [-0.25, -0.2) is 0 Å². The highest BCUT2D eigenvalue weighted by Crippen LogP contribution is 2.18. The van der Waals surface area contributed by atoms with Crippen molar-refractivity contribution < 1.29 is 8.42 Å². The van der Waals surface area contributed by atoms with Crippen molar-refractivity contribution in [2.24, 2.45) is 10.1 Å². The van der Waals surface area contributed by atoms with Gasteiger partial charge in [-0.1, -0.05) is 12.8 Å². The first-order valence-electron chi connectivity index (χ1n) is 5.12. The molecule has 1 fully saturated rings. The zero-order valence-corrected chi connectivity index (χ0v) is 9.26. The Kier molecular flexibility index (Phi) is 2.79. The second-order valence-electron chi connectivity index (χ2n) is 3.97. The van der Waals surface area contributed by atoms with Crippen LogP contribution in [0.25, 0.3) is 0 Å². The third-order valence-corrected chi connectivity index (χ3v) is 3.96. The van der Waals surface area contributed by atoms with E-state index in [0.29, 0.717) is 18.3 Å². The fraction of sp³-hybridized carbons (Fsp3) is 0.667. The number of nitrogens with zero attached hydrogens (tertiary/aromatic N) is 1. The first-order chi connectivity index (χ1) is 7.08. The van der Waals surface area contributed by atoms with E-state index in [9.17, 15) is 8.42 Å². The minimum Gasteiger partial charge on any atom is -0.388 e. The Labute approximate surface area is 89.5 Å². The summed E-state index contributed by atoms with van der Waals surface area (Å²) in [7, 11) is -3.53. The molecular formula is C9H15N3O2S. The van der Waals surface area contributed by atoms with Gasteiger partial charge in [-0.15, -0.1) is 0 Å². The number of hydrogen-bond acceptors (Lipinski definition) is 4. The molecule has 0 aromatic heterocycles. The SMILES string of the molecule is NC1=CC(CNC2CCCC2)=NS1(=O)=O. The van der Waals surface area contributed by atoms with E-state index in [-0.39, 0.29) is 5.03 Å². The van der Waals surface area contributed by atoms with Crippen molar-refractivity contribution in [3.05, 3.63) is 11.1 Å². The van der Waals surface area contributed by atoms with Gasteiger partial charge in [0.2, 0.25) is 0 Å². The summed E-state index contributed by atoms with van der Waals surface area (Å²) in [4.78, 5) is 0. The molecule has 84 valence electrons. The van der Waals surface area contributed by atoms with Crippen molar-refractivity contribution in [1.29, 1.82) is 0 Å². The first-order valence-corrected chi connectivity index (χ1v) is 6.56. The zero-order valence-electron chi connectivity index (χ0n) is 8.44. The fourth-order valence-electron chi connectivity index (χ4n) is 1.93. The summed E-state index contributed by atoms with van der Waals surface area (Å²) in [5.41, 5.74) is 5.83. The molecule has 6 heteroatoms. The third kappa shape index (κ3) is 2.38. The maximum absolute atomic E-state index is 11.2. The predicted molar refractivity (Wildman–Crippen MR) is 58.9 cm³/mol. The largest absolute Gasteiger partial charge is 0.388 e. The first kappa shape index (κ1) is 10.6. The summed E-state index contributed by atoms with van der Waals surface area (Å²) in [5, 5.41) is 3.14. The van der Waals surface area contributed by atoms with E-state index >= 15 is 0 Å². The lowest BCUT2D eigenvalue weighted by molar-refractivity contribution is 0.564. The maximum Gasteiger partial charge on any atom is 0.297 e. The summed E-state index contributed by atoms with van der Waals surface area (Å²) >= 11 is 0. The van der Waals surface area contributed by atoms with Crippen LogP contribution < -0.4 is 11.1 Å². The fourth-order valence-corrected chi connectivity index (χ4v) is 2.75. The molecule has 15 heavy (non-hydrogen) atoms. The molecule has 0 atom stereocenters. The molecule has 2 rings (SSSR count). The Balaban J connectivity index is 1.91. The van der Waals surface area contributed by atoms with Crippen LogP contribution in [-0.2, 0) is 10.0 Å². The van der Waals surface area contributed by atoms with Crippen LogP contribution in [0.4, 0.5) is 0 Å². The molecule has 0 bridgehead atoms. The summed E-state index contributed by atoms with van der Waals surface area (Å²) in [5.74, 6) is 0. The molecule has 0 spiro atoms. The lowest BCUT2D eigenvalue weighted by atomic mass is 10.2. The van der Waals surface area contributed by atoms with Crippen molar-refractivity contribution in [2.45, 2.75) is 31.7 Å². The molecule has 3 N–H and O–H groups in total. The minimum atomic E-state index is -3.53. The van der Waals surface area contributed by atoms with Crippen LogP contribution in [0.1, 0.15) is 25.7 Å². The van der Waals surface area contributed by atoms with Gasteiger partial charge < -0.3 is 11.1 Å². The highest BCUT2D eigenvalue weighted by Gasteiger charge is 2.22. The van der Waals surface area contributed by atoms with Crippen molar-refractivity contribution in [3.8, 4) is 0 Å². The van der Waals surface area contributed by atoms with Gasteiger partial charge in [-0.2, -0.15) is 12.8 Å². The standard InChI is InChI=1S/C9H15N3O2S/c10-9-5-8(12-15(9,13)14)6-11-7-3-1-2-4-7/h5,7,11H,1-4,6,10H2. The highest BCUT2D eigenvalue weighted by molar-refractivity contribution is 7.94. The van der Waals surface area contributed by atoms with Crippen molar-refractivity contribution in [1.82, 2.24) is 5.32 Å². The molecule has 1 aliphatic carbocycles. The Morgan fingerprint density at radius 1 is 1.47 bits per heavy atom. The number of rotatable bonds is 3. The maximum atomic E-state index is 11.2. The van der Waals surface area contributed by atoms with E-state index < -0.39 is 10.0 Å². The average Bonchev–Trinajstić information content (AvgIpc) is 2.72. The minimum absolute atomic E-state index is 0.147. The van der Waals surface area contributed by atoms with Crippen LogP contribution in [0.3, 0.4) is 0 Å². The van der Waals surface area contributed by atoms with E-state index in [4.69, 9.17) is 5.73 Å². The van der Waals surface area contributed by atoms with E-state index in [1.54, 1.807) is 0 Å². The molecule has 0 amide bonds. The number of nitrogens with one attached hydrogen (secondary N) is 1. The van der Waals surface area contributed by atoms with Crippen LogP contribution in [-0.4, -0.2) is 26.7 Å². The summed E-state index contributed by atoms with van der Waals surface area (Å²) in [6, 6.07) is 0.505. The van der Waals surface area contributed by atoms with Gasteiger partial charge >= 0.3 is 0 Å². The number of sulfonamides is 1. The van der Waals surface area contributed by atoms with Crippen LogP contribution in [0.2, 0.25) is 0 Å². The molecule has 1 saturated carbocycles. The molecule has 5 nitrogen and oxygen atoms in total. The predicted octanol–water partition coefficient (Wildman–Crippen LogP) is 0.103. The smallest absolute Gasteiger partial charge is 0.297 e. The van der Waals surface area contributed by atoms with E-state index in [2.05, 4.69) is 9.71 Å². The number of hydrogen-bond donors (Lipinski definition) is 2. The van der Waals surface area contributed by atoms with Gasteiger partial charge in [0, 0.05) is 12.6 Å². The quantitative estimate of drug-likeness (QED) is 0.719. The molecule has 2 aliphatic rings. The average molecular weight is 229 g/mol. The van der Waals surface area contributed by atoms with Gasteiger partial charge in [0.05, 0.1) is 5.71 Å². The van der Waals surface area contributed by atoms with Gasteiger partial charge in [0.15, 0.2) is 5.03 Å². The van der Waals surface area contributed by atoms with Gasteiger partial charge in [-0.3, -0.25) is 0 Å². The lowest BCUT2D eigenvalue weighted by Crippen LogP contribution is -2.30. The van der Waals surface area contributed by atoms with Crippen LogP contribution in [0, 0.1) is 0 Å². The Morgan fingerprint density at radius 3 is 2.67 bits per heavy atom. The van der Waals surface area contributed by atoms with E-state index in [0.717, 1.165) is 0 Å². The topological polar surface area (TPSA) is 84.5 Å². The molecular weight excluding hydrogens is 214 g/mol. The van der Waals surface area contributed by atoms with Crippen LogP contribution in [0.15, 0.2) is 15.5 Å². The van der Waals surface area contributed by atoms with Crippen molar-refractivity contribution in [3.63, 3.8) is 0 Å². The van der Waals surface area contributed by atoms with Gasteiger partial charge in [-0.05, 0) is 18.9 Å². The molecule has 1 heterocycles. The molecule has 0 aromatic carbocycles. The van der Waals surface area contributed by atoms with Crippen molar-refractivity contribution >= 4 is 15.7 Å². The third-order valence-electron chi connectivity index (χ3n) is 2.77. The van der Waals surface area contributed by atoms with Gasteiger partial charge in [0.25, 0.3) is 10.0 Å². The molecule has 0 unspecified atom stereocenters. The summed E-state index contributed by atoms with van der Waals surface area (Å²) in [6.07, 6.45) is 6.26. The Morgan fingerprint density at radius 2 is 2.13 bits per heavy atom. The second kappa shape index (κ2) is 3.94. The lowest BCUT2D eigenvalue weighted by Gasteiger charge is -2.09. The normalized spacial score (nSPS) is 25.3. The Bertz CT molecular complexity index is 405. The van der Waals surface area contributed by atoms with Crippen LogP contribution >= 0.6 is 0 Å². The second-order valence-corrected chi connectivity index (χ2v) is 5.57. The molecule has 0 saturated heterocycles. The van der Waals surface area contributed by atoms with E-state index in [1.165, 1.54) is 31.8 Å². The van der Waals surface area contributed by atoms with Crippen molar-refractivity contribution in [2.75, 3.05) is 6.54 Å². The summed E-state index contributed by atoms with van der Waals surface area (Å²) < 4.78 is 25.9. The monoisotopic (exact) mass is 229 g/mol. The van der Waals surface area contributed by atoms with Gasteiger partial charge in [0.1, 0.15) is 0 Å². The summed E-state index contributed by atoms with van der Waals surface area (Å²) in [6.45, 7) is 0.491. The zero-order chi connectivity index (χ0) is 10.9.